The summed E-state index contributed by atoms with van der Waals surface area (Å²) in [7, 11) is 0. The molecule has 2 aliphatic rings. The van der Waals surface area contributed by atoms with Crippen molar-refractivity contribution in [2.24, 2.45) is 17.8 Å². The van der Waals surface area contributed by atoms with Crippen molar-refractivity contribution in [3.63, 3.8) is 0 Å². The van der Waals surface area contributed by atoms with Crippen molar-refractivity contribution < 1.29 is 14.7 Å². The second-order valence-electron chi connectivity index (χ2n) is 6.59. The van der Waals surface area contributed by atoms with E-state index in [1.54, 1.807) is 12.2 Å². The number of carboxylic acid groups (broad SMARTS) is 1. The third-order valence-corrected chi connectivity index (χ3v) is 4.71. The maximum atomic E-state index is 12.1. The zero-order chi connectivity index (χ0) is 15.4. The van der Waals surface area contributed by atoms with Gasteiger partial charge in [-0.15, -0.1) is 0 Å². The second-order valence-corrected chi connectivity index (χ2v) is 6.59. The Morgan fingerprint density at radius 1 is 1.14 bits per heavy atom. The first kappa shape index (κ1) is 15.9. The third-order valence-electron chi connectivity index (χ3n) is 4.71. The minimum absolute atomic E-state index is 0.173. The molecule has 2 aliphatic carbocycles. The minimum atomic E-state index is -0.830. The average Bonchev–Trinajstić information content (AvgIpc) is 2.87. The van der Waals surface area contributed by atoms with Crippen LogP contribution >= 0.6 is 0 Å². The highest BCUT2D eigenvalue weighted by Gasteiger charge is 2.30. The summed E-state index contributed by atoms with van der Waals surface area (Å²) in [5.41, 5.74) is 0. The van der Waals surface area contributed by atoms with Crippen LogP contribution in [0.2, 0.25) is 0 Å². The molecule has 1 fully saturated rings. The Labute approximate surface area is 126 Å². The van der Waals surface area contributed by atoms with Crippen molar-refractivity contribution in [2.45, 2.75) is 58.0 Å². The van der Waals surface area contributed by atoms with E-state index in [1.165, 1.54) is 19.3 Å². The van der Waals surface area contributed by atoms with E-state index < -0.39 is 11.9 Å². The Balaban J connectivity index is 1.81. The molecule has 0 bridgehead atoms. The molecule has 0 aliphatic heterocycles. The van der Waals surface area contributed by atoms with Gasteiger partial charge in [0.25, 0.3) is 0 Å². The second kappa shape index (κ2) is 6.96. The smallest absolute Gasteiger partial charge is 0.315 e. The predicted octanol–water partition coefficient (Wildman–Crippen LogP) is 2.53. The fourth-order valence-electron chi connectivity index (χ4n) is 3.50. The standard InChI is InChI=1S/C16H26N2O3/c1-10(2)13-5-3-4-6-14(13)18-16(21)17-12-8-7-11(9-12)15(19)20/h7-8,10-14H,3-6,9H2,1-2H3,(H,19,20)(H2,17,18,21). The van der Waals surface area contributed by atoms with Gasteiger partial charge in [-0.2, -0.15) is 0 Å². The minimum Gasteiger partial charge on any atom is -0.481 e. The van der Waals surface area contributed by atoms with Crippen molar-refractivity contribution in [3.05, 3.63) is 12.2 Å². The number of hydrogen-bond donors (Lipinski definition) is 3. The zero-order valence-corrected chi connectivity index (χ0v) is 12.8. The highest BCUT2D eigenvalue weighted by molar-refractivity contribution is 5.76. The highest BCUT2D eigenvalue weighted by atomic mass is 16.4. The normalized spacial score (nSPS) is 32.1. The maximum absolute atomic E-state index is 12.1. The van der Waals surface area contributed by atoms with Crippen LogP contribution in [0.1, 0.15) is 46.0 Å². The van der Waals surface area contributed by atoms with Crippen LogP contribution in [0, 0.1) is 17.8 Å². The van der Waals surface area contributed by atoms with E-state index >= 15 is 0 Å². The van der Waals surface area contributed by atoms with E-state index in [0.29, 0.717) is 18.3 Å². The summed E-state index contributed by atoms with van der Waals surface area (Å²) in [5.74, 6) is -0.203. The topological polar surface area (TPSA) is 78.4 Å². The molecule has 0 saturated heterocycles. The van der Waals surface area contributed by atoms with Gasteiger partial charge in [0.2, 0.25) is 0 Å². The van der Waals surface area contributed by atoms with Gasteiger partial charge in [-0.3, -0.25) is 4.79 Å². The Morgan fingerprint density at radius 2 is 1.86 bits per heavy atom. The number of hydrogen-bond acceptors (Lipinski definition) is 2. The van der Waals surface area contributed by atoms with Gasteiger partial charge in [0, 0.05) is 6.04 Å². The third kappa shape index (κ3) is 4.22. The van der Waals surface area contributed by atoms with Gasteiger partial charge in [-0.25, -0.2) is 4.79 Å². The van der Waals surface area contributed by atoms with Crippen LogP contribution in [0.25, 0.3) is 0 Å². The summed E-state index contributed by atoms with van der Waals surface area (Å²) >= 11 is 0. The molecule has 0 aromatic heterocycles. The largest absolute Gasteiger partial charge is 0.481 e. The summed E-state index contributed by atoms with van der Waals surface area (Å²) < 4.78 is 0. The molecule has 0 spiro atoms. The summed E-state index contributed by atoms with van der Waals surface area (Å²) in [4.78, 5) is 23.0. The molecule has 118 valence electrons. The van der Waals surface area contributed by atoms with Crippen LogP contribution in [0.5, 0.6) is 0 Å². The van der Waals surface area contributed by atoms with E-state index in [-0.39, 0.29) is 18.1 Å². The summed E-state index contributed by atoms with van der Waals surface area (Å²) in [6.07, 6.45) is 8.50. The van der Waals surface area contributed by atoms with Gasteiger partial charge in [0.15, 0.2) is 0 Å². The van der Waals surface area contributed by atoms with Gasteiger partial charge in [0.05, 0.1) is 12.0 Å². The maximum Gasteiger partial charge on any atom is 0.315 e. The monoisotopic (exact) mass is 294 g/mol. The van der Waals surface area contributed by atoms with E-state index in [0.717, 1.165) is 6.42 Å². The molecular formula is C16H26N2O3. The number of aliphatic carboxylic acids is 1. The molecule has 0 radical (unpaired) electrons. The lowest BCUT2D eigenvalue weighted by Gasteiger charge is -2.35. The van der Waals surface area contributed by atoms with Crippen LogP contribution in [0.15, 0.2) is 12.2 Å². The zero-order valence-electron chi connectivity index (χ0n) is 12.8. The van der Waals surface area contributed by atoms with Gasteiger partial charge in [-0.1, -0.05) is 38.8 Å². The van der Waals surface area contributed by atoms with Crippen LogP contribution in [-0.4, -0.2) is 29.2 Å². The predicted molar refractivity (Wildman–Crippen MR) is 80.9 cm³/mol. The Kier molecular flexibility index (Phi) is 5.26. The SMILES string of the molecule is CC(C)C1CCCCC1NC(=O)NC1C=CC(C(=O)O)C1. The van der Waals surface area contributed by atoms with Crippen molar-refractivity contribution in [3.8, 4) is 0 Å². The first-order chi connectivity index (χ1) is 9.97. The molecule has 4 unspecified atom stereocenters. The molecule has 0 heterocycles. The van der Waals surface area contributed by atoms with Crippen molar-refractivity contribution >= 4 is 12.0 Å². The van der Waals surface area contributed by atoms with Crippen LogP contribution in [0.4, 0.5) is 4.79 Å². The van der Waals surface area contributed by atoms with Crippen molar-refractivity contribution in [1.82, 2.24) is 10.6 Å². The number of nitrogens with one attached hydrogen (secondary N) is 2. The Bertz CT molecular complexity index is 420. The molecule has 3 N–H and O–H groups in total. The fourth-order valence-corrected chi connectivity index (χ4v) is 3.50. The van der Waals surface area contributed by atoms with Gasteiger partial charge >= 0.3 is 12.0 Å². The van der Waals surface area contributed by atoms with Crippen LogP contribution < -0.4 is 10.6 Å². The molecule has 2 amide bonds. The molecule has 21 heavy (non-hydrogen) atoms. The number of amides is 2. The Morgan fingerprint density at radius 3 is 2.48 bits per heavy atom. The van der Waals surface area contributed by atoms with Crippen LogP contribution in [-0.2, 0) is 4.79 Å². The molecule has 5 heteroatoms. The van der Waals surface area contributed by atoms with Gasteiger partial charge in [0.1, 0.15) is 0 Å². The highest BCUT2D eigenvalue weighted by Crippen LogP contribution is 2.30. The van der Waals surface area contributed by atoms with E-state index in [4.69, 9.17) is 5.11 Å². The van der Waals surface area contributed by atoms with Crippen molar-refractivity contribution in [1.29, 1.82) is 0 Å². The first-order valence-corrected chi connectivity index (χ1v) is 7.95. The average molecular weight is 294 g/mol. The first-order valence-electron chi connectivity index (χ1n) is 7.95. The summed E-state index contributed by atoms with van der Waals surface area (Å²) in [6, 6.07) is -0.111. The van der Waals surface area contributed by atoms with Gasteiger partial charge < -0.3 is 15.7 Å². The summed E-state index contributed by atoms with van der Waals surface area (Å²) in [6.45, 7) is 4.42. The van der Waals surface area contributed by atoms with Crippen LogP contribution in [0.3, 0.4) is 0 Å². The number of carboxylic acids is 1. The lowest BCUT2D eigenvalue weighted by Crippen LogP contribution is -2.50. The van der Waals surface area contributed by atoms with E-state index in [9.17, 15) is 9.59 Å². The van der Waals surface area contributed by atoms with E-state index in [1.807, 2.05) is 0 Å². The molecule has 5 nitrogen and oxygen atoms in total. The number of carbonyl (C=O) groups is 2. The molecule has 0 aromatic rings. The lowest BCUT2D eigenvalue weighted by molar-refractivity contribution is -0.140. The van der Waals surface area contributed by atoms with Gasteiger partial charge in [-0.05, 0) is 31.1 Å². The molecular weight excluding hydrogens is 268 g/mol. The number of carbonyl (C=O) groups excluding carboxylic acids is 1. The molecule has 2 rings (SSSR count). The fraction of sp³-hybridized carbons (Fsp3) is 0.750. The van der Waals surface area contributed by atoms with E-state index in [2.05, 4.69) is 24.5 Å². The summed E-state index contributed by atoms with van der Waals surface area (Å²) in [5, 5.41) is 14.9. The Hall–Kier alpha value is -1.52. The quantitative estimate of drug-likeness (QED) is 0.697. The number of rotatable bonds is 4. The molecule has 1 saturated carbocycles. The van der Waals surface area contributed by atoms with Crippen molar-refractivity contribution in [2.75, 3.05) is 0 Å². The lowest BCUT2D eigenvalue weighted by atomic mass is 9.78. The number of urea groups is 1. The molecule has 4 atom stereocenters. The molecule has 0 aromatic carbocycles.